The molecular weight excluding hydrogens is 312 g/mol. The van der Waals surface area contributed by atoms with Crippen molar-refractivity contribution in [2.24, 2.45) is 4.99 Å². The van der Waals surface area contributed by atoms with Crippen molar-refractivity contribution in [3.05, 3.63) is 50.6 Å². The number of aliphatic imine (C=N–C) groups is 1. The Hall–Kier alpha value is -2.20. The number of nitrogens with zero attached hydrogens (tertiary/aromatic N) is 3. The molecule has 1 aliphatic heterocycles. The maximum Gasteiger partial charge on any atom is 0.271 e. The second kappa shape index (κ2) is 5.63. The van der Waals surface area contributed by atoms with E-state index in [-0.39, 0.29) is 4.92 Å². The average Bonchev–Trinajstić information content (AvgIpc) is 2.39. The van der Waals surface area contributed by atoms with Crippen LogP contribution >= 0.6 is 15.9 Å². The normalized spacial score (nSPS) is 21.4. The van der Waals surface area contributed by atoms with E-state index >= 15 is 0 Å². The van der Waals surface area contributed by atoms with Gasteiger partial charge in [0.2, 0.25) is 0 Å². The fraction of sp³-hybridized carbons (Fsp3) is 0.167. The van der Waals surface area contributed by atoms with Crippen molar-refractivity contribution in [1.82, 2.24) is 0 Å². The van der Waals surface area contributed by atoms with Crippen molar-refractivity contribution in [1.29, 1.82) is 5.26 Å². The van der Waals surface area contributed by atoms with Crippen molar-refractivity contribution in [3.63, 3.8) is 0 Å². The van der Waals surface area contributed by atoms with Crippen LogP contribution in [0.3, 0.4) is 0 Å². The van der Waals surface area contributed by atoms with E-state index in [0.717, 1.165) is 0 Å². The molecule has 1 aromatic rings. The highest BCUT2D eigenvalue weighted by atomic mass is 79.9. The van der Waals surface area contributed by atoms with E-state index in [1.54, 1.807) is 30.3 Å². The van der Waals surface area contributed by atoms with Crippen molar-refractivity contribution in [3.8, 4) is 6.07 Å². The third kappa shape index (κ3) is 3.17. The molecule has 2 atom stereocenters. The lowest BCUT2D eigenvalue weighted by Gasteiger charge is -2.20. The molecule has 0 aliphatic carbocycles. The van der Waals surface area contributed by atoms with Crippen LogP contribution in [-0.2, 0) is 0 Å². The van der Waals surface area contributed by atoms with Crippen LogP contribution in [0, 0.1) is 21.4 Å². The van der Waals surface area contributed by atoms with Gasteiger partial charge in [-0.3, -0.25) is 10.1 Å². The Balaban J connectivity index is 2.17. The van der Waals surface area contributed by atoms with Crippen molar-refractivity contribution in [2.45, 2.75) is 12.1 Å². The third-order valence-electron chi connectivity index (χ3n) is 2.63. The number of halogens is 1. The van der Waals surface area contributed by atoms with Gasteiger partial charge in [-0.05, 0) is 46.3 Å². The molecule has 2 rings (SSSR count). The predicted octanol–water partition coefficient (Wildman–Crippen LogP) is 2.30. The summed E-state index contributed by atoms with van der Waals surface area (Å²) >= 11 is 3.20. The Labute approximate surface area is 117 Å². The highest BCUT2D eigenvalue weighted by Gasteiger charge is 2.31. The fourth-order valence-corrected chi connectivity index (χ4v) is 2.08. The summed E-state index contributed by atoms with van der Waals surface area (Å²) in [5, 5.41) is 22.7. The van der Waals surface area contributed by atoms with E-state index in [1.165, 1.54) is 6.21 Å². The molecule has 0 bridgehead atoms. The van der Waals surface area contributed by atoms with Crippen LogP contribution in [-0.4, -0.2) is 23.2 Å². The SMILES string of the molecule is N#Cc1ccc(NC2C=C(Br)N=CC2[N+](=O)[O-])cc1. The number of benzene rings is 1. The van der Waals surface area contributed by atoms with Crippen LogP contribution < -0.4 is 5.32 Å². The molecular formula is C12H9BrN4O2. The Morgan fingerprint density at radius 2 is 2.11 bits per heavy atom. The molecule has 0 amide bonds. The lowest BCUT2D eigenvalue weighted by atomic mass is 10.1. The van der Waals surface area contributed by atoms with Crippen molar-refractivity contribution in [2.75, 3.05) is 5.32 Å². The molecule has 0 radical (unpaired) electrons. The van der Waals surface area contributed by atoms with E-state index in [2.05, 4.69) is 26.2 Å². The Morgan fingerprint density at radius 3 is 2.68 bits per heavy atom. The molecule has 1 aromatic carbocycles. The first-order chi connectivity index (χ1) is 9.10. The van der Waals surface area contributed by atoms with Gasteiger partial charge in [0.15, 0.2) is 0 Å². The van der Waals surface area contributed by atoms with Crippen LogP contribution in [0.2, 0.25) is 0 Å². The summed E-state index contributed by atoms with van der Waals surface area (Å²) in [6.45, 7) is 0. The number of nitro groups is 1. The van der Waals surface area contributed by atoms with Crippen LogP contribution in [0.5, 0.6) is 0 Å². The van der Waals surface area contributed by atoms with Gasteiger partial charge in [0.1, 0.15) is 10.6 Å². The van der Waals surface area contributed by atoms with Gasteiger partial charge in [0.25, 0.3) is 6.04 Å². The maximum absolute atomic E-state index is 10.9. The van der Waals surface area contributed by atoms with Gasteiger partial charge >= 0.3 is 0 Å². The summed E-state index contributed by atoms with van der Waals surface area (Å²) < 4.78 is 0.553. The van der Waals surface area contributed by atoms with Gasteiger partial charge in [-0.25, -0.2) is 4.99 Å². The predicted molar refractivity (Wildman–Crippen MR) is 74.9 cm³/mol. The number of nitriles is 1. The average molecular weight is 321 g/mol. The summed E-state index contributed by atoms with van der Waals surface area (Å²) in [5.41, 5.74) is 1.25. The number of rotatable bonds is 3. The minimum absolute atomic E-state index is 0.388. The number of nitrogens with one attached hydrogen (secondary N) is 1. The summed E-state index contributed by atoms with van der Waals surface area (Å²) in [7, 11) is 0. The van der Waals surface area contributed by atoms with E-state index in [4.69, 9.17) is 5.26 Å². The minimum Gasteiger partial charge on any atom is -0.372 e. The molecule has 2 unspecified atom stereocenters. The van der Waals surface area contributed by atoms with Crippen LogP contribution in [0.1, 0.15) is 5.56 Å². The molecule has 0 aromatic heterocycles. The van der Waals surface area contributed by atoms with Crippen LogP contribution in [0.4, 0.5) is 5.69 Å². The molecule has 19 heavy (non-hydrogen) atoms. The van der Waals surface area contributed by atoms with Gasteiger partial charge in [-0.15, -0.1) is 0 Å². The molecule has 0 spiro atoms. The third-order valence-corrected chi connectivity index (χ3v) is 3.10. The van der Waals surface area contributed by atoms with E-state index in [1.807, 2.05) is 6.07 Å². The van der Waals surface area contributed by atoms with Gasteiger partial charge in [-0.2, -0.15) is 5.26 Å². The second-order valence-electron chi connectivity index (χ2n) is 3.90. The topological polar surface area (TPSA) is 91.3 Å². The Bertz CT molecular complexity index is 589. The van der Waals surface area contributed by atoms with Crippen LogP contribution in [0.15, 0.2) is 39.9 Å². The molecule has 6 nitrogen and oxygen atoms in total. The summed E-state index contributed by atoms with van der Waals surface area (Å²) in [5.74, 6) is 0. The molecule has 0 saturated heterocycles. The summed E-state index contributed by atoms with van der Waals surface area (Å²) in [6.07, 6.45) is 2.94. The highest BCUT2D eigenvalue weighted by Crippen LogP contribution is 2.19. The molecule has 96 valence electrons. The second-order valence-corrected chi connectivity index (χ2v) is 4.72. The quantitative estimate of drug-likeness (QED) is 0.525. The Kier molecular flexibility index (Phi) is 3.92. The molecule has 0 saturated carbocycles. The van der Waals surface area contributed by atoms with Gasteiger partial charge in [0.05, 0.1) is 17.8 Å². The molecule has 7 heteroatoms. The number of hydrogen-bond acceptors (Lipinski definition) is 5. The smallest absolute Gasteiger partial charge is 0.271 e. The molecule has 1 N–H and O–H groups in total. The minimum atomic E-state index is -0.919. The zero-order valence-corrected chi connectivity index (χ0v) is 11.2. The number of hydrogen-bond donors (Lipinski definition) is 1. The first-order valence-electron chi connectivity index (χ1n) is 5.42. The van der Waals surface area contributed by atoms with Crippen molar-refractivity contribution >= 4 is 27.8 Å². The summed E-state index contributed by atoms with van der Waals surface area (Å²) in [4.78, 5) is 14.4. The first kappa shape index (κ1) is 13.2. The van der Waals surface area contributed by atoms with E-state index in [0.29, 0.717) is 15.9 Å². The lowest BCUT2D eigenvalue weighted by molar-refractivity contribution is -0.502. The van der Waals surface area contributed by atoms with E-state index < -0.39 is 12.1 Å². The van der Waals surface area contributed by atoms with E-state index in [9.17, 15) is 10.1 Å². The maximum atomic E-state index is 10.9. The van der Waals surface area contributed by atoms with Crippen molar-refractivity contribution < 1.29 is 4.92 Å². The largest absolute Gasteiger partial charge is 0.372 e. The van der Waals surface area contributed by atoms with Gasteiger partial charge < -0.3 is 5.32 Å². The number of anilines is 1. The van der Waals surface area contributed by atoms with Gasteiger partial charge in [0, 0.05) is 10.6 Å². The fourth-order valence-electron chi connectivity index (χ4n) is 1.68. The Morgan fingerprint density at radius 1 is 1.42 bits per heavy atom. The zero-order valence-electron chi connectivity index (χ0n) is 9.65. The first-order valence-corrected chi connectivity index (χ1v) is 6.21. The monoisotopic (exact) mass is 320 g/mol. The summed E-state index contributed by atoms with van der Waals surface area (Å²) in [6, 6.07) is 7.33. The van der Waals surface area contributed by atoms with Gasteiger partial charge in [-0.1, -0.05) is 0 Å². The lowest BCUT2D eigenvalue weighted by Crippen LogP contribution is -2.40. The zero-order chi connectivity index (χ0) is 13.8. The standard InChI is InChI=1S/C12H9BrN4O2/c13-12-5-10(11(7-15-12)17(18)19)16-9-3-1-8(6-14)2-4-9/h1-5,7,10-11,16H. The molecule has 1 aliphatic rings. The molecule has 0 fully saturated rings. The molecule has 1 heterocycles. The van der Waals surface area contributed by atoms with Crippen LogP contribution in [0.25, 0.3) is 0 Å². The highest BCUT2D eigenvalue weighted by molar-refractivity contribution is 9.11.